The molecule has 0 radical (unpaired) electrons. The fourth-order valence-corrected chi connectivity index (χ4v) is 3.71. The molecule has 2 heterocycles. The van der Waals surface area contributed by atoms with E-state index in [0.717, 1.165) is 0 Å². The zero-order valence-corrected chi connectivity index (χ0v) is 10.9. The Bertz CT molecular complexity index is 377. The van der Waals surface area contributed by atoms with Crippen molar-refractivity contribution in [3.05, 3.63) is 12.2 Å². The fourth-order valence-electron chi connectivity index (χ4n) is 2.12. The Morgan fingerprint density at radius 1 is 1.00 bits per heavy atom. The van der Waals surface area contributed by atoms with Gasteiger partial charge in [0.05, 0.1) is 14.2 Å². The van der Waals surface area contributed by atoms with Crippen molar-refractivity contribution in [2.75, 3.05) is 14.2 Å². The molecule has 0 saturated carbocycles. The zero-order chi connectivity index (χ0) is 12.8. The van der Waals surface area contributed by atoms with Crippen molar-refractivity contribution in [3.8, 4) is 0 Å². The molecule has 7 heteroatoms. The molecule has 2 atom stereocenters. The molecule has 2 aliphatic rings. The molecule has 1 saturated heterocycles. The van der Waals surface area contributed by atoms with E-state index >= 15 is 0 Å². The topological polar surface area (TPSA) is 59.1 Å². The third-order valence-corrected chi connectivity index (χ3v) is 4.30. The van der Waals surface area contributed by atoms with Crippen LogP contribution in [0.15, 0.2) is 12.2 Å². The minimum absolute atomic E-state index is 0.585. The van der Waals surface area contributed by atoms with Crippen LogP contribution in [-0.4, -0.2) is 46.2 Å². The molecule has 0 spiro atoms. The average molecular weight is 258 g/mol. The quantitative estimate of drug-likeness (QED) is 0.620. The molecule has 6 nitrogen and oxygen atoms in total. The number of methoxy groups -OCH3 is 2. The van der Waals surface area contributed by atoms with Gasteiger partial charge in [-0.15, -0.1) is 0 Å². The molecule has 2 rings (SSSR count). The highest BCUT2D eigenvalue weighted by Gasteiger charge is 2.62. The van der Waals surface area contributed by atoms with Gasteiger partial charge in [0.2, 0.25) is 0 Å². The van der Waals surface area contributed by atoms with Gasteiger partial charge in [-0.05, 0) is 26.0 Å². The van der Waals surface area contributed by atoms with E-state index in [2.05, 4.69) is 0 Å². The number of nitrogens with zero attached hydrogens (tertiary/aromatic N) is 2. The number of carbonyl (C=O) groups is 2. The number of hydrazine groups is 1. The number of hydrogen-bond donors (Lipinski definition) is 0. The Balaban J connectivity index is 2.44. The number of ether oxygens (including phenoxy) is 2. The number of carbonyl (C=O) groups excluding carboxylic acids is 2. The Hall–Kier alpha value is -1.37. The van der Waals surface area contributed by atoms with Crippen molar-refractivity contribution in [2.45, 2.75) is 23.6 Å². The minimum Gasteiger partial charge on any atom is -0.451 e. The number of rotatable bonds is 0. The number of hydrogen-bond acceptors (Lipinski definition) is 5. The van der Waals surface area contributed by atoms with E-state index in [1.165, 1.54) is 36.0 Å². The summed E-state index contributed by atoms with van der Waals surface area (Å²) in [5, 5.41) is 2.56. The summed E-state index contributed by atoms with van der Waals surface area (Å²) in [6, 6.07) is 0. The van der Waals surface area contributed by atoms with Gasteiger partial charge in [-0.25, -0.2) is 9.59 Å². The lowest BCUT2D eigenvalue weighted by Gasteiger charge is -2.38. The van der Waals surface area contributed by atoms with Crippen molar-refractivity contribution >= 4 is 23.9 Å². The summed E-state index contributed by atoms with van der Waals surface area (Å²) in [5.41, 5.74) is 0. The van der Waals surface area contributed by atoms with Crippen LogP contribution in [-0.2, 0) is 9.47 Å². The predicted octanol–water partition coefficient (Wildman–Crippen LogP) is 1.79. The summed E-state index contributed by atoms with van der Waals surface area (Å²) in [6.45, 7) is 3.69. The van der Waals surface area contributed by atoms with Crippen LogP contribution in [0.1, 0.15) is 13.8 Å². The molecular weight excluding hydrogens is 244 g/mol. The summed E-state index contributed by atoms with van der Waals surface area (Å²) in [6.07, 6.45) is 2.60. The van der Waals surface area contributed by atoms with Gasteiger partial charge in [0.15, 0.2) is 0 Å². The summed E-state index contributed by atoms with van der Waals surface area (Å²) in [4.78, 5) is 22.3. The molecule has 2 amide bonds. The van der Waals surface area contributed by atoms with Gasteiger partial charge in [-0.1, -0.05) is 11.8 Å². The SMILES string of the molecule is COC(=O)N1N(C(=O)OC)C2(C)C=CC1(C)S2. The van der Waals surface area contributed by atoms with Gasteiger partial charge in [-0.2, -0.15) is 10.0 Å². The molecule has 0 aromatic rings. The van der Waals surface area contributed by atoms with E-state index in [1.54, 1.807) is 0 Å². The first kappa shape index (κ1) is 12.1. The molecule has 0 aromatic carbocycles. The summed E-state index contributed by atoms with van der Waals surface area (Å²) in [5.74, 6) is 0. The van der Waals surface area contributed by atoms with Gasteiger partial charge >= 0.3 is 12.2 Å². The fraction of sp³-hybridized carbons (Fsp3) is 0.600. The summed E-state index contributed by atoms with van der Waals surface area (Å²) < 4.78 is 9.42. The lowest BCUT2D eigenvalue weighted by molar-refractivity contribution is -0.0402. The monoisotopic (exact) mass is 258 g/mol. The Labute approximate surface area is 103 Å². The smallest absolute Gasteiger partial charge is 0.430 e. The maximum absolute atomic E-state index is 11.8. The molecule has 17 heavy (non-hydrogen) atoms. The second kappa shape index (κ2) is 3.56. The predicted molar refractivity (Wildman–Crippen MR) is 62.0 cm³/mol. The highest BCUT2D eigenvalue weighted by molar-refractivity contribution is 8.02. The van der Waals surface area contributed by atoms with Gasteiger partial charge in [-0.3, -0.25) is 0 Å². The normalized spacial score (nSPS) is 34.1. The molecule has 0 aromatic heterocycles. The lowest BCUT2D eigenvalue weighted by atomic mass is 10.2. The van der Waals surface area contributed by atoms with E-state index in [4.69, 9.17) is 9.47 Å². The van der Waals surface area contributed by atoms with E-state index in [0.29, 0.717) is 0 Å². The second-order valence-corrected chi connectivity index (χ2v) is 5.97. The molecule has 2 bridgehead atoms. The highest BCUT2D eigenvalue weighted by atomic mass is 32.2. The first-order valence-corrected chi connectivity index (χ1v) is 5.86. The average Bonchev–Trinajstić information content (AvgIpc) is 2.72. The maximum atomic E-state index is 11.8. The molecule has 0 N–H and O–H groups in total. The molecule has 94 valence electrons. The van der Waals surface area contributed by atoms with Crippen molar-refractivity contribution in [2.24, 2.45) is 0 Å². The van der Waals surface area contributed by atoms with Gasteiger partial charge in [0.25, 0.3) is 0 Å². The van der Waals surface area contributed by atoms with Crippen LogP contribution in [0.2, 0.25) is 0 Å². The third kappa shape index (κ3) is 1.49. The van der Waals surface area contributed by atoms with E-state index in [1.807, 2.05) is 26.0 Å². The Morgan fingerprint density at radius 2 is 1.35 bits per heavy atom. The largest absolute Gasteiger partial charge is 0.451 e. The van der Waals surface area contributed by atoms with E-state index in [9.17, 15) is 9.59 Å². The summed E-state index contributed by atoms with van der Waals surface area (Å²) in [7, 11) is 2.56. The highest BCUT2D eigenvalue weighted by Crippen LogP contribution is 2.56. The number of thioether (sulfide) groups is 1. The van der Waals surface area contributed by atoms with Crippen LogP contribution in [0.25, 0.3) is 0 Å². The van der Waals surface area contributed by atoms with E-state index < -0.39 is 21.9 Å². The van der Waals surface area contributed by atoms with Crippen LogP contribution in [0.5, 0.6) is 0 Å². The van der Waals surface area contributed by atoms with Crippen molar-refractivity contribution in [1.29, 1.82) is 0 Å². The van der Waals surface area contributed by atoms with E-state index in [-0.39, 0.29) is 0 Å². The molecule has 0 aliphatic carbocycles. The summed E-state index contributed by atoms with van der Waals surface area (Å²) >= 11 is 1.48. The van der Waals surface area contributed by atoms with Crippen molar-refractivity contribution in [1.82, 2.24) is 10.0 Å². The standard InChI is InChI=1S/C10H14N2O4S/c1-9-5-6-10(2,17-9)12(8(14)16-4)11(9)7(13)15-3/h5-6H,1-4H3. The van der Waals surface area contributed by atoms with Crippen molar-refractivity contribution in [3.63, 3.8) is 0 Å². The van der Waals surface area contributed by atoms with Gasteiger partial charge < -0.3 is 9.47 Å². The lowest BCUT2D eigenvalue weighted by Crippen LogP contribution is -2.58. The maximum Gasteiger partial charge on any atom is 0.430 e. The van der Waals surface area contributed by atoms with Crippen molar-refractivity contribution < 1.29 is 19.1 Å². The second-order valence-electron chi connectivity index (χ2n) is 4.11. The molecular formula is C10H14N2O4S. The van der Waals surface area contributed by atoms with Crippen LogP contribution < -0.4 is 0 Å². The molecule has 1 fully saturated rings. The Morgan fingerprint density at radius 3 is 1.65 bits per heavy atom. The first-order valence-electron chi connectivity index (χ1n) is 5.05. The zero-order valence-electron chi connectivity index (χ0n) is 10.1. The number of fused-ring (bicyclic) bond motifs is 2. The molecule has 2 aliphatic heterocycles. The van der Waals surface area contributed by atoms with Crippen LogP contribution in [0, 0.1) is 0 Å². The van der Waals surface area contributed by atoms with Gasteiger partial charge in [0, 0.05) is 0 Å². The van der Waals surface area contributed by atoms with Gasteiger partial charge in [0.1, 0.15) is 9.74 Å². The van der Waals surface area contributed by atoms with Crippen LogP contribution >= 0.6 is 11.8 Å². The minimum atomic E-state index is -0.615. The first-order chi connectivity index (χ1) is 7.88. The Kier molecular flexibility index (Phi) is 2.53. The molecule has 2 unspecified atom stereocenters. The van der Waals surface area contributed by atoms with Crippen LogP contribution in [0.4, 0.5) is 9.59 Å². The third-order valence-electron chi connectivity index (χ3n) is 2.85. The number of amides is 2. The van der Waals surface area contributed by atoms with Crippen LogP contribution in [0.3, 0.4) is 0 Å².